The van der Waals surface area contributed by atoms with E-state index >= 15 is 0 Å². The maximum absolute atomic E-state index is 5.69. The van der Waals surface area contributed by atoms with Gasteiger partial charge < -0.3 is 9.47 Å². The van der Waals surface area contributed by atoms with Crippen molar-refractivity contribution in [3.63, 3.8) is 0 Å². The van der Waals surface area contributed by atoms with Crippen molar-refractivity contribution in [2.75, 3.05) is 14.2 Å². The van der Waals surface area contributed by atoms with Crippen molar-refractivity contribution in [1.29, 1.82) is 0 Å². The van der Waals surface area contributed by atoms with E-state index in [0.717, 1.165) is 12.8 Å². The summed E-state index contributed by atoms with van der Waals surface area (Å²) in [7, 11) is 3.51. The molecule has 0 bridgehead atoms. The molecule has 0 saturated heterocycles. The summed E-state index contributed by atoms with van der Waals surface area (Å²) in [4.78, 5) is 0. The van der Waals surface area contributed by atoms with E-state index in [1.54, 1.807) is 14.2 Å². The molecule has 0 aliphatic heterocycles. The Bertz CT molecular complexity index is 272. The zero-order valence-electron chi connectivity index (χ0n) is 10.5. The van der Waals surface area contributed by atoms with Gasteiger partial charge in [0, 0.05) is 14.2 Å². The van der Waals surface area contributed by atoms with Gasteiger partial charge in [0.2, 0.25) is 0 Å². The van der Waals surface area contributed by atoms with Gasteiger partial charge in [-0.3, -0.25) is 0 Å². The Morgan fingerprint density at radius 2 is 2.00 bits per heavy atom. The van der Waals surface area contributed by atoms with Crippen molar-refractivity contribution < 1.29 is 9.47 Å². The van der Waals surface area contributed by atoms with Gasteiger partial charge in [0.1, 0.15) is 11.7 Å². The second-order valence-electron chi connectivity index (χ2n) is 4.09. The average molecular weight is 210 g/mol. The standard InChI is InChI=1S/C13H22O2/c1-6-11-8-10(3)12(14-4)13(7-2,9-11)15-5/h8-9,12H,6-7H2,1-5H3. The van der Waals surface area contributed by atoms with Crippen LogP contribution in [0.3, 0.4) is 0 Å². The van der Waals surface area contributed by atoms with Gasteiger partial charge in [-0.05, 0) is 37.0 Å². The van der Waals surface area contributed by atoms with Gasteiger partial charge in [0.05, 0.1) is 0 Å². The van der Waals surface area contributed by atoms with E-state index in [-0.39, 0.29) is 11.7 Å². The third-order valence-electron chi connectivity index (χ3n) is 3.28. The van der Waals surface area contributed by atoms with Gasteiger partial charge in [-0.25, -0.2) is 0 Å². The van der Waals surface area contributed by atoms with E-state index in [1.165, 1.54) is 11.1 Å². The van der Waals surface area contributed by atoms with E-state index in [2.05, 4.69) is 32.9 Å². The third kappa shape index (κ3) is 2.16. The van der Waals surface area contributed by atoms with Gasteiger partial charge in [0.25, 0.3) is 0 Å². The van der Waals surface area contributed by atoms with Crippen LogP contribution in [0.1, 0.15) is 33.6 Å². The molecule has 0 amide bonds. The second kappa shape index (κ2) is 4.95. The summed E-state index contributed by atoms with van der Waals surface area (Å²) in [6.45, 7) is 6.41. The lowest BCUT2D eigenvalue weighted by Crippen LogP contribution is -2.45. The van der Waals surface area contributed by atoms with Crippen LogP contribution in [0.4, 0.5) is 0 Å². The van der Waals surface area contributed by atoms with E-state index in [4.69, 9.17) is 9.47 Å². The smallest absolute Gasteiger partial charge is 0.116 e. The first-order chi connectivity index (χ1) is 7.13. The molecule has 0 spiro atoms. The molecule has 0 heterocycles. The first-order valence-corrected chi connectivity index (χ1v) is 5.61. The van der Waals surface area contributed by atoms with Gasteiger partial charge in [-0.15, -0.1) is 0 Å². The van der Waals surface area contributed by atoms with Crippen molar-refractivity contribution in [2.24, 2.45) is 0 Å². The highest BCUT2D eigenvalue weighted by atomic mass is 16.5. The van der Waals surface area contributed by atoms with E-state index in [0.29, 0.717) is 0 Å². The van der Waals surface area contributed by atoms with Crippen LogP contribution in [0.2, 0.25) is 0 Å². The fourth-order valence-electron chi connectivity index (χ4n) is 2.37. The lowest BCUT2D eigenvalue weighted by molar-refractivity contribution is -0.0739. The molecule has 1 rings (SSSR count). The first-order valence-electron chi connectivity index (χ1n) is 5.61. The number of hydrogen-bond acceptors (Lipinski definition) is 2. The molecular formula is C13H22O2. The molecule has 15 heavy (non-hydrogen) atoms. The van der Waals surface area contributed by atoms with E-state index < -0.39 is 0 Å². The number of methoxy groups -OCH3 is 2. The summed E-state index contributed by atoms with van der Waals surface area (Å²) in [5.74, 6) is 0. The summed E-state index contributed by atoms with van der Waals surface area (Å²) >= 11 is 0. The molecule has 0 saturated carbocycles. The van der Waals surface area contributed by atoms with Crippen LogP contribution >= 0.6 is 0 Å². The Balaban J connectivity index is 3.11. The molecule has 86 valence electrons. The van der Waals surface area contributed by atoms with Gasteiger partial charge in [-0.1, -0.05) is 19.9 Å². The molecule has 1 aliphatic carbocycles. The monoisotopic (exact) mass is 210 g/mol. The lowest BCUT2D eigenvalue weighted by atomic mass is 9.81. The van der Waals surface area contributed by atoms with Crippen molar-refractivity contribution in [3.05, 3.63) is 23.3 Å². The zero-order chi connectivity index (χ0) is 11.5. The minimum Gasteiger partial charge on any atom is -0.374 e. The number of ether oxygens (including phenoxy) is 2. The van der Waals surface area contributed by atoms with Crippen LogP contribution in [0.15, 0.2) is 23.3 Å². The Labute approximate surface area is 93.0 Å². The molecule has 0 aromatic rings. The number of allylic oxidation sites excluding steroid dienone is 2. The Kier molecular flexibility index (Phi) is 4.12. The van der Waals surface area contributed by atoms with Crippen molar-refractivity contribution in [2.45, 2.75) is 45.3 Å². The molecule has 2 atom stereocenters. The van der Waals surface area contributed by atoms with Gasteiger partial charge >= 0.3 is 0 Å². The van der Waals surface area contributed by atoms with Crippen LogP contribution in [-0.4, -0.2) is 25.9 Å². The highest BCUT2D eigenvalue weighted by Gasteiger charge is 2.39. The highest BCUT2D eigenvalue weighted by Crippen LogP contribution is 2.35. The summed E-state index contributed by atoms with van der Waals surface area (Å²) in [5.41, 5.74) is 2.31. The Morgan fingerprint density at radius 1 is 1.33 bits per heavy atom. The molecule has 0 fully saturated rings. The maximum Gasteiger partial charge on any atom is 0.116 e. The summed E-state index contributed by atoms with van der Waals surface area (Å²) in [6.07, 6.45) is 6.44. The molecule has 1 aliphatic rings. The fraction of sp³-hybridized carbons (Fsp3) is 0.692. The summed E-state index contributed by atoms with van der Waals surface area (Å²) in [6, 6.07) is 0. The molecule has 2 unspecified atom stereocenters. The van der Waals surface area contributed by atoms with Crippen LogP contribution in [0, 0.1) is 0 Å². The molecule has 0 aromatic carbocycles. The minimum atomic E-state index is -0.279. The normalized spacial score (nSPS) is 31.1. The van der Waals surface area contributed by atoms with Gasteiger partial charge in [0.15, 0.2) is 0 Å². The first kappa shape index (κ1) is 12.5. The second-order valence-corrected chi connectivity index (χ2v) is 4.09. The highest BCUT2D eigenvalue weighted by molar-refractivity contribution is 5.36. The molecule has 0 N–H and O–H groups in total. The molecular weight excluding hydrogens is 188 g/mol. The summed E-state index contributed by atoms with van der Waals surface area (Å²) in [5, 5.41) is 0. The van der Waals surface area contributed by atoms with Crippen LogP contribution < -0.4 is 0 Å². The maximum atomic E-state index is 5.69. The largest absolute Gasteiger partial charge is 0.374 e. The average Bonchev–Trinajstić information content (AvgIpc) is 2.27. The van der Waals surface area contributed by atoms with Crippen LogP contribution in [0.25, 0.3) is 0 Å². The third-order valence-corrected chi connectivity index (χ3v) is 3.28. The fourth-order valence-corrected chi connectivity index (χ4v) is 2.37. The molecule has 0 radical (unpaired) electrons. The minimum absolute atomic E-state index is 0.0443. The van der Waals surface area contributed by atoms with Crippen molar-refractivity contribution >= 4 is 0 Å². The van der Waals surface area contributed by atoms with Gasteiger partial charge in [-0.2, -0.15) is 0 Å². The quantitative estimate of drug-likeness (QED) is 0.710. The molecule has 0 aromatic heterocycles. The molecule has 2 nitrogen and oxygen atoms in total. The molecule has 2 heteroatoms. The lowest BCUT2D eigenvalue weighted by Gasteiger charge is -2.39. The number of hydrogen-bond donors (Lipinski definition) is 0. The van der Waals surface area contributed by atoms with E-state index in [1.807, 2.05) is 0 Å². The zero-order valence-corrected chi connectivity index (χ0v) is 10.5. The topological polar surface area (TPSA) is 18.5 Å². The Morgan fingerprint density at radius 3 is 2.40 bits per heavy atom. The van der Waals surface area contributed by atoms with Crippen LogP contribution in [0.5, 0.6) is 0 Å². The predicted octanol–water partition coefficient (Wildman–Crippen LogP) is 3.09. The summed E-state index contributed by atoms with van der Waals surface area (Å²) < 4.78 is 11.2. The number of rotatable bonds is 4. The predicted molar refractivity (Wildman–Crippen MR) is 63.0 cm³/mol. The SMILES string of the molecule is CCC1=CC(CC)(OC)C(OC)C(C)=C1. The van der Waals surface area contributed by atoms with E-state index in [9.17, 15) is 0 Å². The van der Waals surface area contributed by atoms with Crippen LogP contribution in [-0.2, 0) is 9.47 Å². The van der Waals surface area contributed by atoms with Crippen molar-refractivity contribution in [3.8, 4) is 0 Å². The Hall–Kier alpha value is -0.600. The van der Waals surface area contributed by atoms with Crippen molar-refractivity contribution in [1.82, 2.24) is 0 Å².